The van der Waals surface area contributed by atoms with Gasteiger partial charge in [0.1, 0.15) is 0 Å². The van der Waals surface area contributed by atoms with E-state index in [0.29, 0.717) is 0 Å². The van der Waals surface area contributed by atoms with Crippen molar-refractivity contribution in [3.63, 3.8) is 0 Å². The molecular weight excluding hydrogens is 184 g/mol. The van der Waals surface area contributed by atoms with Crippen LogP contribution in [0.2, 0.25) is 5.02 Å². The van der Waals surface area contributed by atoms with Crippen LogP contribution in [0.5, 0.6) is 0 Å². The van der Waals surface area contributed by atoms with Crippen molar-refractivity contribution in [2.24, 2.45) is 0 Å². The fourth-order valence-electron chi connectivity index (χ4n) is 1.17. The van der Waals surface area contributed by atoms with Gasteiger partial charge in [-0.1, -0.05) is 30.7 Å². The summed E-state index contributed by atoms with van der Waals surface area (Å²) >= 11 is 5.98. The highest BCUT2D eigenvalue weighted by Crippen LogP contribution is 2.24. The fraction of sp³-hybridized carbons (Fsp3) is 0.455. The molecule has 1 N–H and O–H groups in total. The highest BCUT2D eigenvalue weighted by atomic mass is 35.5. The summed E-state index contributed by atoms with van der Waals surface area (Å²) in [4.78, 5) is 0. The van der Waals surface area contributed by atoms with Gasteiger partial charge in [-0.05, 0) is 31.0 Å². The van der Waals surface area contributed by atoms with Gasteiger partial charge in [0.25, 0.3) is 0 Å². The Labute approximate surface area is 84.4 Å². The molecular formula is C11H15ClO. The van der Waals surface area contributed by atoms with E-state index in [1.54, 1.807) is 6.92 Å². The second-order valence-electron chi connectivity index (χ2n) is 3.54. The zero-order valence-electron chi connectivity index (χ0n) is 8.21. The Morgan fingerprint density at radius 3 is 2.38 bits per heavy atom. The van der Waals surface area contributed by atoms with Gasteiger partial charge in [-0.25, -0.2) is 0 Å². The number of aryl methyl sites for hydroxylation is 1. The second kappa shape index (κ2) is 4.12. The molecule has 0 fully saturated rings. The summed E-state index contributed by atoms with van der Waals surface area (Å²) in [7, 11) is 0. The van der Waals surface area contributed by atoms with Crippen molar-refractivity contribution >= 4 is 11.6 Å². The third kappa shape index (κ3) is 2.45. The minimum absolute atomic E-state index is 0.137. The summed E-state index contributed by atoms with van der Waals surface area (Å²) in [6, 6.07) is 5.92. The lowest BCUT2D eigenvalue weighted by molar-refractivity contribution is 0.169. The van der Waals surface area contributed by atoms with Crippen LogP contribution in [0.3, 0.4) is 0 Å². The molecule has 1 aromatic carbocycles. The molecule has 0 saturated heterocycles. The monoisotopic (exact) mass is 198 g/mol. The molecule has 0 heterocycles. The summed E-state index contributed by atoms with van der Waals surface area (Å²) in [5.41, 5.74) is 2.16. The number of aliphatic hydroxyl groups excluding tert-OH is 1. The predicted octanol–water partition coefficient (Wildman–Crippen LogP) is 3.13. The van der Waals surface area contributed by atoms with Gasteiger partial charge in [0.2, 0.25) is 0 Å². The van der Waals surface area contributed by atoms with E-state index in [1.165, 1.54) is 0 Å². The van der Waals surface area contributed by atoms with Crippen molar-refractivity contribution in [3.05, 3.63) is 34.3 Å². The van der Waals surface area contributed by atoms with Gasteiger partial charge in [-0.3, -0.25) is 0 Å². The van der Waals surface area contributed by atoms with Crippen molar-refractivity contribution in [2.75, 3.05) is 0 Å². The Morgan fingerprint density at radius 1 is 1.31 bits per heavy atom. The maximum atomic E-state index is 9.39. The quantitative estimate of drug-likeness (QED) is 0.774. The zero-order valence-corrected chi connectivity index (χ0v) is 8.97. The molecule has 0 aromatic heterocycles. The molecule has 72 valence electrons. The molecule has 0 bridgehead atoms. The lowest BCUT2D eigenvalue weighted by atomic mass is 9.96. The van der Waals surface area contributed by atoms with Crippen molar-refractivity contribution < 1.29 is 5.11 Å². The smallest absolute Gasteiger partial charge is 0.0577 e. The van der Waals surface area contributed by atoms with Crippen molar-refractivity contribution in [2.45, 2.75) is 32.8 Å². The SMILES string of the molecule is Cc1ccc(C(C)C(C)O)cc1Cl. The molecule has 0 aliphatic heterocycles. The average Bonchev–Trinajstić information content (AvgIpc) is 2.08. The summed E-state index contributed by atoms with van der Waals surface area (Å²) < 4.78 is 0. The van der Waals surface area contributed by atoms with E-state index in [1.807, 2.05) is 32.0 Å². The van der Waals surface area contributed by atoms with Crippen LogP contribution in [0.1, 0.15) is 30.9 Å². The van der Waals surface area contributed by atoms with E-state index in [-0.39, 0.29) is 12.0 Å². The molecule has 1 rings (SSSR count). The van der Waals surface area contributed by atoms with Gasteiger partial charge in [0, 0.05) is 10.9 Å². The number of rotatable bonds is 2. The average molecular weight is 199 g/mol. The Bertz CT molecular complexity index is 294. The summed E-state index contributed by atoms with van der Waals surface area (Å²) in [6.45, 7) is 5.75. The first-order chi connectivity index (χ1) is 6.02. The summed E-state index contributed by atoms with van der Waals surface area (Å²) in [5.74, 6) is 0.137. The molecule has 0 spiro atoms. The molecule has 2 unspecified atom stereocenters. The van der Waals surface area contributed by atoms with E-state index in [4.69, 9.17) is 11.6 Å². The number of benzene rings is 1. The molecule has 2 heteroatoms. The number of hydrogen-bond donors (Lipinski definition) is 1. The van der Waals surface area contributed by atoms with Gasteiger partial charge in [-0.2, -0.15) is 0 Å². The number of aliphatic hydroxyl groups is 1. The van der Waals surface area contributed by atoms with Gasteiger partial charge >= 0.3 is 0 Å². The summed E-state index contributed by atoms with van der Waals surface area (Å²) in [5, 5.41) is 10.2. The maximum Gasteiger partial charge on any atom is 0.0577 e. The molecule has 1 nitrogen and oxygen atoms in total. The Hall–Kier alpha value is -0.530. The molecule has 0 aliphatic rings. The van der Waals surface area contributed by atoms with Crippen LogP contribution in [-0.2, 0) is 0 Å². The maximum absolute atomic E-state index is 9.39. The largest absolute Gasteiger partial charge is 0.393 e. The van der Waals surface area contributed by atoms with Crippen molar-refractivity contribution in [3.8, 4) is 0 Å². The van der Waals surface area contributed by atoms with Crippen LogP contribution in [0.25, 0.3) is 0 Å². The Balaban J connectivity index is 2.97. The second-order valence-corrected chi connectivity index (χ2v) is 3.95. The van der Waals surface area contributed by atoms with Crippen LogP contribution in [-0.4, -0.2) is 11.2 Å². The summed E-state index contributed by atoms with van der Waals surface area (Å²) in [6.07, 6.45) is -0.334. The van der Waals surface area contributed by atoms with E-state index < -0.39 is 0 Å². The minimum Gasteiger partial charge on any atom is -0.393 e. The van der Waals surface area contributed by atoms with E-state index >= 15 is 0 Å². The first-order valence-corrected chi connectivity index (χ1v) is 4.84. The molecule has 0 aliphatic carbocycles. The highest BCUT2D eigenvalue weighted by molar-refractivity contribution is 6.31. The molecule has 0 saturated carbocycles. The van der Waals surface area contributed by atoms with Gasteiger partial charge in [0.15, 0.2) is 0 Å². The molecule has 13 heavy (non-hydrogen) atoms. The molecule has 2 atom stereocenters. The van der Waals surface area contributed by atoms with Crippen LogP contribution < -0.4 is 0 Å². The van der Waals surface area contributed by atoms with E-state index in [0.717, 1.165) is 16.1 Å². The first kappa shape index (κ1) is 10.6. The zero-order chi connectivity index (χ0) is 10.0. The topological polar surface area (TPSA) is 20.2 Å². The lowest BCUT2D eigenvalue weighted by Crippen LogP contribution is -2.10. The predicted molar refractivity (Wildman–Crippen MR) is 56.3 cm³/mol. The van der Waals surface area contributed by atoms with Crippen LogP contribution in [0.15, 0.2) is 18.2 Å². The van der Waals surface area contributed by atoms with Gasteiger partial charge in [-0.15, -0.1) is 0 Å². The van der Waals surface area contributed by atoms with Crippen molar-refractivity contribution in [1.82, 2.24) is 0 Å². The van der Waals surface area contributed by atoms with Crippen LogP contribution in [0, 0.1) is 6.92 Å². The fourth-order valence-corrected chi connectivity index (χ4v) is 1.36. The van der Waals surface area contributed by atoms with Gasteiger partial charge < -0.3 is 5.11 Å². The number of hydrogen-bond acceptors (Lipinski definition) is 1. The molecule has 0 amide bonds. The minimum atomic E-state index is -0.334. The Morgan fingerprint density at radius 2 is 1.92 bits per heavy atom. The molecule has 0 radical (unpaired) electrons. The third-order valence-corrected chi connectivity index (χ3v) is 2.85. The standard InChI is InChI=1S/C11H15ClO/c1-7-4-5-10(6-11(7)12)8(2)9(3)13/h4-6,8-9,13H,1-3H3. The van der Waals surface area contributed by atoms with Crippen LogP contribution in [0.4, 0.5) is 0 Å². The third-order valence-electron chi connectivity index (χ3n) is 2.45. The first-order valence-electron chi connectivity index (χ1n) is 4.46. The van der Waals surface area contributed by atoms with E-state index in [9.17, 15) is 5.11 Å². The normalized spacial score (nSPS) is 15.5. The Kier molecular flexibility index (Phi) is 3.34. The van der Waals surface area contributed by atoms with Crippen LogP contribution >= 0.6 is 11.6 Å². The van der Waals surface area contributed by atoms with Crippen molar-refractivity contribution in [1.29, 1.82) is 0 Å². The number of halogens is 1. The lowest BCUT2D eigenvalue weighted by Gasteiger charge is -2.15. The highest BCUT2D eigenvalue weighted by Gasteiger charge is 2.11. The van der Waals surface area contributed by atoms with Gasteiger partial charge in [0.05, 0.1) is 6.10 Å². The molecule has 1 aromatic rings. The van der Waals surface area contributed by atoms with E-state index in [2.05, 4.69) is 0 Å².